The molecule has 0 saturated carbocycles. The van der Waals surface area contributed by atoms with E-state index in [4.69, 9.17) is 4.74 Å². The van der Waals surface area contributed by atoms with Crippen LogP contribution < -0.4 is 9.64 Å². The molecule has 9 heteroatoms. The van der Waals surface area contributed by atoms with Gasteiger partial charge in [0.05, 0.1) is 0 Å². The van der Waals surface area contributed by atoms with Crippen LogP contribution >= 0.6 is 0 Å². The zero-order chi connectivity index (χ0) is 22.3. The maximum atomic E-state index is 12.8. The lowest BCUT2D eigenvalue weighted by atomic mass is 10.2. The first-order valence-corrected chi connectivity index (χ1v) is 11.2. The molecule has 0 atom stereocenters. The van der Waals surface area contributed by atoms with Crippen LogP contribution in [0.1, 0.15) is 26.2 Å². The van der Waals surface area contributed by atoms with Gasteiger partial charge in [-0.25, -0.2) is 4.90 Å². The van der Waals surface area contributed by atoms with E-state index in [-0.39, 0.29) is 19.0 Å². The van der Waals surface area contributed by atoms with E-state index in [0.717, 1.165) is 57.0 Å². The normalized spacial score (nSPS) is 19.0. The maximum Gasteiger partial charge on any atom is 0.460 e. The number of amides is 1. The second-order valence-electron chi connectivity index (χ2n) is 8.11. The third-order valence-electron chi connectivity index (χ3n) is 5.97. The Kier molecular flexibility index (Phi) is 8.43. The number of hydrogen-bond acceptors (Lipinski definition) is 5. The number of piperazine rings is 2. The second-order valence-corrected chi connectivity index (χ2v) is 8.11. The van der Waals surface area contributed by atoms with Crippen LogP contribution in [0.4, 0.5) is 18.9 Å². The highest BCUT2D eigenvalue weighted by molar-refractivity contribution is 5.76. The van der Waals surface area contributed by atoms with Gasteiger partial charge in [0, 0.05) is 77.1 Å². The van der Waals surface area contributed by atoms with Crippen molar-refractivity contribution in [3.63, 3.8) is 0 Å². The van der Waals surface area contributed by atoms with Crippen LogP contribution in [0, 0.1) is 0 Å². The van der Waals surface area contributed by atoms with Crippen LogP contribution in [0.2, 0.25) is 0 Å². The molecule has 0 spiro atoms. The molecule has 1 aromatic rings. The van der Waals surface area contributed by atoms with Crippen LogP contribution in [0.5, 0.6) is 5.75 Å². The predicted molar refractivity (Wildman–Crippen MR) is 114 cm³/mol. The summed E-state index contributed by atoms with van der Waals surface area (Å²) in [7, 11) is 0. The Morgan fingerprint density at radius 1 is 1.03 bits per heavy atom. The van der Waals surface area contributed by atoms with Gasteiger partial charge in [-0.05, 0) is 18.6 Å². The summed E-state index contributed by atoms with van der Waals surface area (Å²) in [6.07, 6.45) is -1.63. The first-order chi connectivity index (χ1) is 14.9. The van der Waals surface area contributed by atoms with Gasteiger partial charge in [-0.2, -0.15) is 13.2 Å². The van der Waals surface area contributed by atoms with Gasteiger partial charge in [0.1, 0.15) is 12.4 Å². The third-order valence-corrected chi connectivity index (χ3v) is 5.97. The molecular formula is C22H33F3N4O2. The van der Waals surface area contributed by atoms with E-state index in [0.29, 0.717) is 31.0 Å². The van der Waals surface area contributed by atoms with Gasteiger partial charge in [0.15, 0.2) is 0 Å². The van der Waals surface area contributed by atoms with E-state index in [2.05, 4.69) is 11.8 Å². The molecule has 2 fully saturated rings. The Morgan fingerprint density at radius 3 is 2.39 bits per heavy atom. The molecule has 2 heterocycles. The van der Waals surface area contributed by atoms with Gasteiger partial charge in [0.25, 0.3) is 0 Å². The van der Waals surface area contributed by atoms with Crippen LogP contribution in [-0.2, 0) is 4.79 Å². The number of benzene rings is 1. The number of ether oxygens (including phenoxy) is 1. The van der Waals surface area contributed by atoms with Crippen molar-refractivity contribution in [2.24, 2.45) is 0 Å². The number of alkyl halides is 3. The first kappa shape index (κ1) is 23.7. The highest BCUT2D eigenvalue weighted by Gasteiger charge is 2.38. The highest BCUT2D eigenvalue weighted by atomic mass is 19.4. The number of carbonyl (C=O) groups is 1. The third kappa shape index (κ3) is 7.00. The molecule has 0 aliphatic carbocycles. The zero-order valence-corrected chi connectivity index (χ0v) is 18.2. The molecule has 2 saturated heterocycles. The number of halogens is 3. The van der Waals surface area contributed by atoms with E-state index in [1.54, 1.807) is 0 Å². The fraction of sp³-hybridized carbons (Fsp3) is 0.682. The quantitative estimate of drug-likeness (QED) is 0.579. The van der Waals surface area contributed by atoms with Crippen molar-refractivity contribution in [1.29, 1.82) is 0 Å². The molecule has 0 N–H and O–H groups in total. The minimum absolute atomic E-state index is 0.0263. The van der Waals surface area contributed by atoms with Gasteiger partial charge in [-0.15, -0.1) is 0 Å². The molecule has 6 nitrogen and oxygen atoms in total. The van der Waals surface area contributed by atoms with Gasteiger partial charge < -0.3 is 14.5 Å². The number of nitrogens with zero attached hydrogens (tertiary/aromatic N) is 4. The van der Waals surface area contributed by atoms with Gasteiger partial charge >= 0.3 is 6.30 Å². The summed E-state index contributed by atoms with van der Waals surface area (Å²) < 4.78 is 44.3. The van der Waals surface area contributed by atoms with Crippen molar-refractivity contribution in [3.8, 4) is 5.75 Å². The van der Waals surface area contributed by atoms with Crippen molar-refractivity contribution in [2.75, 3.05) is 70.4 Å². The number of rotatable bonds is 8. The summed E-state index contributed by atoms with van der Waals surface area (Å²) >= 11 is 0. The first-order valence-electron chi connectivity index (χ1n) is 11.2. The van der Waals surface area contributed by atoms with E-state index < -0.39 is 6.30 Å². The summed E-state index contributed by atoms with van der Waals surface area (Å²) in [6, 6.07) is 7.56. The highest BCUT2D eigenvalue weighted by Crippen LogP contribution is 2.26. The average molecular weight is 443 g/mol. The van der Waals surface area contributed by atoms with E-state index in [9.17, 15) is 18.0 Å². The standard InChI is InChI=1S/C22H33F3N4O2/c1-2-3-7-21(30)28-10-8-26(9-11-28)16-17-31-20-6-4-5-19(18-20)27-12-14-29(15-13-27)22(23,24)25/h4-6,18H,2-3,7-17H2,1H3. The van der Waals surface area contributed by atoms with Gasteiger partial charge in [0.2, 0.25) is 5.91 Å². The van der Waals surface area contributed by atoms with Crippen LogP contribution in [0.3, 0.4) is 0 Å². The van der Waals surface area contributed by atoms with Crippen molar-refractivity contribution >= 4 is 11.6 Å². The van der Waals surface area contributed by atoms with Crippen molar-refractivity contribution < 1.29 is 22.7 Å². The minimum atomic E-state index is -4.26. The van der Waals surface area contributed by atoms with Crippen molar-refractivity contribution in [1.82, 2.24) is 14.7 Å². The number of carbonyl (C=O) groups excluding carboxylic acids is 1. The van der Waals surface area contributed by atoms with Crippen LogP contribution in [0.25, 0.3) is 0 Å². The lowest BCUT2D eigenvalue weighted by Gasteiger charge is -2.36. The fourth-order valence-electron chi connectivity index (χ4n) is 3.99. The number of anilines is 1. The molecule has 3 rings (SSSR count). The molecule has 2 aliphatic rings. The lowest BCUT2D eigenvalue weighted by molar-refractivity contribution is -0.246. The monoisotopic (exact) mass is 442 g/mol. The van der Waals surface area contributed by atoms with Crippen LogP contribution in [0.15, 0.2) is 24.3 Å². The number of unbranched alkanes of at least 4 members (excludes halogenated alkanes) is 1. The molecule has 2 aliphatic heterocycles. The van der Waals surface area contributed by atoms with Gasteiger partial charge in [-0.3, -0.25) is 9.69 Å². The predicted octanol–water partition coefficient (Wildman–Crippen LogP) is 3.04. The summed E-state index contributed by atoms with van der Waals surface area (Å²) in [5, 5.41) is 0. The second kappa shape index (κ2) is 11.0. The van der Waals surface area contributed by atoms with Crippen molar-refractivity contribution in [2.45, 2.75) is 32.5 Å². The summed E-state index contributed by atoms with van der Waals surface area (Å²) in [5.74, 6) is 0.981. The number of hydrogen-bond donors (Lipinski definition) is 0. The molecule has 1 aromatic carbocycles. The largest absolute Gasteiger partial charge is 0.492 e. The lowest BCUT2D eigenvalue weighted by Crippen LogP contribution is -2.51. The van der Waals surface area contributed by atoms with E-state index >= 15 is 0 Å². The van der Waals surface area contributed by atoms with E-state index in [1.165, 1.54) is 0 Å². The Bertz CT molecular complexity index is 700. The maximum absolute atomic E-state index is 12.8. The smallest absolute Gasteiger partial charge is 0.460 e. The Morgan fingerprint density at radius 2 is 1.74 bits per heavy atom. The Hall–Kier alpha value is -2.00. The average Bonchev–Trinajstić information content (AvgIpc) is 2.77. The molecule has 31 heavy (non-hydrogen) atoms. The van der Waals surface area contributed by atoms with Crippen molar-refractivity contribution in [3.05, 3.63) is 24.3 Å². The molecule has 0 radical (unpaired) electrons. The molecular weight excluding hydrogens is 409 g/mol. The molecule has 0 bridgehead atoms. The summed E-state index contributed by atoms with van der Waals surface area (Å²) in [5.41, 5.74) is 0.888. The van der Waals surface area contributed by atoms with Crippen LogP contribution in [-0.4, -0.2) is 92.4 Å². The fourth-order valence-corrected chi connectivity index (χ4v) is 3.99. The topological polar surface area (TPSA) is 39.3 Å². The van der Waals surface area contributed by atoms with E-state index in [1.807, 2.05) is 34.1 Å². The zero-order valence-electron chi connectivity index (χ0n) is 18.2. The molecule has 0 aromatic heterocycles. The Balaban J connectivity index is 1.39. The summed E-state index contributed by atoms with van der Waals surface area (Å²) in [6.45, 7) is 7.27. The van der Waals surface area contributed by atoms with Gasteiger partial charge in [-0.1, -0.05) is 19.4 Å². The molecule has 174 valence electrons. The SMILES string of the molecule is CCCCC(=O)N1CCN(CCOc2cccc(N3CCN(C(F)(F)F)CC3)c2)CC1. The minimum Gasteiger partial charge on any atom is -0.492 e. The summed E-state index contributed by atoms with van der Waals surface area (Å²) in [4.78, 5) is 18.9. The Labute approximate surface area is 182 Å². The molecule has 1 amide bonds. The molecule has 0 unspecified atom stereocenters.